The van der Waals surface area contributed by atoms with Crippen LogP contribution in [0.3, 0.4) is 0 Å². The summed E-state index contributed by atoms with van der Waals surface area (Å²) in [6, 6.07) is 14.4. The number of azo groups is 1. The molecule has 24 heavy (non-hydrogen) atoms. The molecule has 0 fully saturated rings. The lowest BCUT2D eigenvalue weighted by Crippen LogP contribution is -2.12. The fraction of sp³-hybridized carbons (Fsp3) is 0. The highest BCUT2D eigenvalue weighted by atomic mass is 35.5. The van der Waals surface area contributed by atoms with Crippen LogP contribution in [0.2, 0.25) is 5.02 Å². The van der Waals surface area contributed by atoms with E-state index in [1.54, 1.807) is 28.7 Å². The van der Waals surface area contributed by atoms with Gasteiger partial charge in [-0.05, 0) is 24.3 Å². The number of nitrogens with one attached hydrogen (secondary N) is 1. The molecule has 7 nitrogen and oxygen atoms in total. The first-order valence-corrected chi connectivity index (χ1v) is 7.48. The fourth-order valence-electron chi connectivity index (χ4n) is 2.47. The van der Waals surface area contributed by atoms with E-state index in [1.807, 2.05) is 24.3 Å². The maximum Gasteiger partial charge on any atom is 0.282 e. The zero-order valence-electron chi connectivity index (χ0n) is 12.3. The monoisotopic (exact) mass is 338 g/mol. The summed E-state index contributed by atoms with van der Waals surface area (Å²) in [5, 5.41) is 8.46. The largest absolute Gasteiger partial charge is 0.383 e. The number of H-pyrrole nitrogens is 1. The number of halogens is 1. The van der Waals surface area contributed by atoms with Gasteiger partial charge in [0.1, 0.15) is 11.5 Å². The first kappa shape index (κ1) is 14.4. The molecule has 0 saturated carbocycles. The number of hydrogen-bond acceptors (Lipinski definition) is 5. The third kappa shape index (κ3) is 2.22. The van der Waals surface area contributed by atoms with Crippen LogP contribution < -0.4 is 11.3 Å². The van der Waals surface area contributed by atoms with Crippen LogP contribution in [0, 0.1) is 0 Å². The molecular formula is C16H11ClN6O. The fourth-order valence-corrected chi connectivity index (χ4v) is 2.64. The summed E-state index contributed by atoms with van der Waals surface area (Å²) in [5.41, 5.74) is 7.64. The standard InChI is InChI=1S/C16H11ClN6O/c17-9-5-1-2-6-10(9)21-22-13-14(18)23-12-8-4-3-7-11(12)19-16(23)20-15(13)24/h1-8H,18H2,(H,19,20,24). The van der Waals surface area contributed by atoms with Crippen molar-refractivity contribution >= 4 is 45.6 Å². The number of benzene rings is 2. The van der Waals surface area contributed by atoms with Gasteiger partial charge in [-0.25, -0.2) is 4.98 Å². The molecule has 0 saturated heterocycles. The van der Waals surface area contributed by atoms with E-state index in [4.69, 9.17) is 17.3 Å². The number of fused-ring (bicyclic) bond motifs is 3. The summed E-state index contributed by atoms with van der Waals surface area (Å²) in [5.74, 6) is 0.522. The van der Waals surface area contributed by atoms with Crippen molar-refractivity contribution in [1.82, 2.24) is 14.4 Å². The van der Waals surface area contributed by atoms with Gasteiger partial charge < -0.3 is 5.73 Å². The predicted molar refractivity (Wildman–Crippen MR) is 93.4 cm³/mol. The Morgan fingerprint density at radius 1 is 1.08 bits per heavy atom. The Labute approximate surface area is 140 Å². The topological polar surface area (TPSA) is 101 Å². The number of nitrogens with zero attached hydrogens (tertiary/aromatic N) is 4. The smallest absolute Gasteiger partial charge is 0.282 e. The minimum Gasteiger partial charge on any atom is -0.383 e. The van der Waals surface area contributed by atoms with Crippen molar-refractivity contribution in [2.45, 2.75) is 0 Å². The molecule has 2 aromatic carbocycles. The molecular weight excluding hydrogens is 328 g/mol. The van der Waals surface area contributed by atoms with Crippen molar-refractivity contribution in [1.29, 1.82) is 0 Å². The van der Waals surface area contributed by atoms with Crippen molar-refractivity contribution in [3.63, 3.8) is 0 Å². The van der Waals surface area contributed by atoms with Crippen molar-refractivity contribution in [3.05, 3.63) is 63.9 Å². The highest BCUT2D eigenvalue weighted by Gasteiger charge is 2.14. The van der Waals surface area contributed by atoms with Gasteiger partial charge in [-0.2, -0.15) is 0 Å². The summed E-state index contributed by atoms with van der Waals surface area (Å²) in [4.78, 5) is 19.3. The van der Waals surface area contributed by atoms with Crippen LogP contribution in [0.5, 0.6) is 0 Å². The molecule has 3 N–H and O–H groups in total. The Kier molecular flexibility index (Phi) is 3.28. The Morgan fingerprint density at radius 2 is 1.83 bits per heavy atom. The lowest BCUT2D eigenvalue weighted by molar-refractivity contribution is 1.08. The molecule has 0 radical (unpaired) electrons. The molecule has 118 valence electrons. The number of anilines is 1. The van der Waals surface area contributed by atoms with Crippen LogP contribution in [-0.4, -0.2) is 14.4 Å². The van der Waals surface area contributed by atoms with Crippen LogP contribution in [0.15, 0.2) is 63.6 Å². The van der Waals surface area contributed by atoms with Gasteiger partial charge in [-0.1, -0.05) is 35.9 Å². The second kappa shape index (κ2) is 5.47. The van der Waals surface area contributed by atoms with E-state index in [9.17, 15) is 4.79 Å². The van der Waals surface area contributed by atoms with Gasteiger partial charge in [0.05, 0.1) is 16.1 Å². The molecule has 0 aliphatic rings. The predicted octanol–water partition coefficient (Wildman–Crippen LogP) is 3.83. The summed E-state index contributed by atoms with van der Waals surface area (Å²) in [7, 11) is 0. The van der Waals surface area contributed by atoms with Gasteiger partial charge in [-0.3, -0.25) is 14.2 Å². The highest BCUT2D eigenvalue weighted by molar-refractivity contribution is 6.32. The lowest BCUT2D eigenvalue weighted by atomic mass is 10.3. The summed E-state index contributed by atoms with van der Waals surface area (Å²) >= 11 is 6.04. The molecule has 8 heteroatoms. The highest BCUT2D eigenvalue weighted by Crippen LogP contribution is 2.28. The van der Waals surface area contributed by atoms with Crippen LogP contribution in [-0.2, 0) is 0 Å². The molecule has 0 bridgehead atoms. The normalized spacial score (nSPS) is 11.7. The van der Waals surface area contributed by atoms with Gasteiger partial charge in [0.15, 0.2) is 5.69 Å². The van der Waals surface area contributed by atoms with E-state index in [0.717, 1.165) is 11.0 Å². The first-order valence-electron chi connectivity index (χ1n) is 7.10. The van der Waals surface area contributed by atoms with Gasteiger partial charge in [0.2, 0.25) is 5.78 Å². The number of para-hydroxylation sites is 2. The molecule has 2 heterocycles. The van der Waals surface area contributed by atoms with Crippen molar-refractivity contribution in [2.24, 2.45) is 10.2 Å². The van der Waals surface area contributed by atoms with Crippen LogP contribution in [0.25, 0.3) is 16.8 Å². The zero-order valence-corrected chi connectivity index (χ0v) is 13.0. The third-order valence-electron chi connectivity index (χ3n) is 3.59. The number of aromatic nitrogens is 3. The first-order chi connectivity index (χ1) is 11.6. The minimum atomic E-state index is -0.467. The van der Waals surface area contributed by atoms with E-state index in [1.165, 1.54) is 0 Å². The molecule has 0 unspecified atom stereocenters. The maximum absolute atomic E-state index is 12.3. The average molecular weight is 339 g/mol. The van der Waals surface area contributed by atoms with E-state index < -0.39 is 5.56 Å². The Bertz CT molecular complexity index is 1160. The van der Waals surface area contributed by atoms with Gasteiger partial charge in [0.25, 0.3) is 5.56 Å². The molecule has 0 aliphatic carbocycles. The van der Waals surface area contributed by atoms with E-state index in [0.29, 0.717) is 16.5 Å². The molecule has 4 rings (SSSR count). The SMILES string of the molecule is Nc1c(N=Nc2ccccc2Cl)c(=O)[nH]c2nc3ccccc3n12. The molecule has 0 atom stereocenters. The van der Waals surface area contributed by atoms with Crippen molar-refractivity contribution < 1.29 is 0 Å². The van der Waals surface area contributed by atoms with Crippen molar-refractivity contribution in [2.75, 3.05) is 5.73 Å². The van der Waals surface area contributed by atoms with Crippen LogP contribution in [0.1, 0.15) is 0 Å². The van der Waals surface area contributed by atoms with Gasteiger partial charge in [0, 0.05) is 0 Å². The van der Waals surface area contributed by atoms with Crippen LogP contribution in [0.4, 0.5) is 17.2 Å². The van der Waals surface area contributed by atoms with Gasteiger partial charge in [-0.15, -0.1) is 10.2 Å². The Hall–Kier alpha value is -3.19. The van der Waals surface area contributed by atoms with Crippen molar-refractivity contribution in [3.8, 4) is 0 Å². The second-order valence-electron chi connectivity index (χ2n) is 5.10. The zero-order chi connectivity index (χ0) is 16.7. The number of nitrogens with two attached hydrogens (primary N) is 1. The Balaban J connectivity index is 1.94. The third-order valence-corrected chi connectivity index (χ3v) is 3.91. The quantitative estimate of drug-likeness (QED) is 0.543. The molecule has 4 aromatic rings. The molecule has 0 spiro atoms. The van der Waals surface area contributed by atoms with E-state index in [-0.39, 0.29) is 11.5 Å². The number of aromatic amines is 1. The minimum absolute atomic E-state index is 0.00516. The number of rotatable bonds is 2. The lowest BCUT2D eigenvalue weighted by Gasteiger charge is -2.03. The van der Waals surface area contributed by atoms with E-state index in [2.05, 4.69) is 20.2 Å². The summed E-state index contributed by atoms with van der Waals surface area (Å²) < 4.78 is 1.64. The molecule has 2 aromatic heterocycles. The number of imidazole rings is 1. The maximum atomic E-state index is 12.3. The average Bonchev–Trinajstić information content (AvgIpc) is 2.94. The Morgan fingerprint density at radius 3 is 2.67 bits per heavy atom. The number of nitrogen functional groups attached to an aromatic ring is 1. The summed E-state index contributed by atoms with van der Waals surface area (Å²) in [6.45, 7) is 0. The number of hydrogen-bond donors (Lipinski definition) is 2. The van der Waals surface area contributed by atoms with E-state index >= 15 is 0 Å². The summed E-state index contributed by atoms with van der Waals surface area (Å²) in [6.07, 6.45) is 0. The van der Waals surface area contributed by atoms with Crippen LogP contribution >= 0.6 is 11.6 Å². The van der Waals surface area contributed by atoms with Gasteiger partial charge >= 0.3 is 0 Å². The molecule has 0 amide bonds. The second-order valence-corrected chi connectivity index (χ2v) is 5.51. The molecule has 0 aliphatic heterocycles.